The van der Waals surface area contributed by atoms with E-state index in [1.54, 1.807) is 13.2 Å². The Bertz CT molecular complexity index is 569. The molecule has 0 spiro atoms. The average Bonchev–Trinajstić information content (AvgIpc) is 2.94. The molecule has 2 rings (SSSR count). The summed E-state index contributed by atoms with van der Waals surface area (Å²) in [5, 5.41) is 3.93. The molecular weight excluding hydrogens is 272 g/mol. The van der Waals surface area contributed by atoms with Crippen molar-refractivity contribution in [1.29, 1.82) is 0 Å². The average molecular weight is 292 g/mol. The zero-order valence-electron chi connectivity index (χ0n) is 12.3. The van der Waals surface area contributed by atoms with Crippen LogP contribution >= 0.6 is 0 Å². The highest BCUT2D eigenvalue weighted by Gasteiger charge is 2.12. The van der Waals surface area contributed by atoms with Crippen molar-refractivity contribution in [2.24, 2.45) is 5.73 Å². The Morgan fingerprint density at radius 1 is 1.24 bits per heavy atom. The van der Waals surface area contributed by atoms with E-state index in [-0.39, 0.29) is 6.61 Å². The fourth-order valence-corrected chi connectivity index (χ4v) is 1.94. The number of aromatic nitrogens is 1. The van der Waals surface area contributed by atoms with Gasteiger partial charge in [-0.15, -0.1) is 0 Å². The van der Waals surface area contributed by atoms with Crippen LogP contribution in [-0.4, -0.2) is 18.9 Å². The standard InChI is InChI=1S/C15H20N2O4/c1-3-19-14-6-4-5-11(8-16)15(14)20-9-12-7-13(10-18-2)21-17-12/h4-7H,3,8-10,16H2,1-2H3. The summed E-state index contributed by atoms with van der Waals surface area (Å²) in [5.74, 6) is 1.99. The van der Waals surface area contributed by atoms with E-state index in [0.717, 1.165) is 5.56 Å². The minimum atomic E-state index is 0.282. The Morgan fingerprint density at radius 2 is 2.10 bits per heavy atom. The molecule has 0 saturated heterocycles. The number of hydrogen-bond acceptors (Lipinski definition) is 6. The highest BCUT2D eigenvalue weighted by atomic mass is 16.5. The first-order chi connectivity index (χ1) is 10.3. The highest BCUT2D eigenvalue weighted by Crippen LogP contribution is 2.31. The predicted molar refractivity (Wildman–Crippen MR) is 77.1 cm³/mol. The van der Waals surface area contributed by atoms with Crippen molar-refractivity contribution < 1.29 is 18.7 Å². The molecule has 0 aliphatic carbocycles. The molecule has 1 heterocycles. The lowest BCUT2D eigenvalue weighted by Crippen LogP contribution is -2.05. The van der Waals surface area contributed by atoms with Gasteiger partial charge in [0.05, 0.1) is 6.61 Å². The number of rotatable bonds is 8. The zero-order chi connectivity index (χ0) is 15.1. The van der Waals surface area contributed by atoms with Gasteiger partial charge in [0.25, 0.3) is 0 Å². The maximum atomic E-state index is 5.82. The van der Waals surface area contributed by atoms with E-state index in [1.807, 2.05) is 25.1 Å². The van der Waals surface area contributed by atoms with Crippen LogP contribution in [0.5, 0.6) is 11.5 Å². The first kappa shape index (κ1) is 15.3. The Morgan fingerprint density at radius 3 is 2.81 bits per heavy atom. The number of nitrogens with two attached hydrogens (primary N) is 1. The van der Waals surface area contributed by atoms with Crippen LogP contribution in [0.2, 0.25) is 0 Å². The third-order valence-corrected chi connectivity index (χ3v) is 2.84. The van der Waals surface area contributed by atoms with Crippen molar-refractivity contribution >= 4 is 0 Å². The normalized spacial score (nSPS) is 10.6. The molecule has 1 aromatic heterocycles. The van der Waals surface area contributed by atoms with E-state index >= 15 is 0 Å². The van der Waals surface area contributed by atoms with Crippen molar-refractivity contribution in [3.05, 3.63) is 41.3 Å². The third-order valence-electron chi connectivity index (χ3n) is 2.84. The summed E-state index contributed by atoms with van der Waals surface area (Å²) in [5.41, 5.74) is 7.32. The van der Waals surface area contributed by atoms with Crippen LogP contribution in [0, 0.1) is 0 Å². The quantitative estimate of drug-likeness (QED) is 0.804. The van der Waals surface area contributed by atoms with Gasteiger partial charge in [0, 0.05) is 25.3 Å². The second kappa shape index (κ2) is 7.66. The fourth-order valence-electron chi connectivity index (χ4n) is 1.94. The molecule has 0 radical (unpaired) electrons. The number of methoxy groups -OCH3 is 1. The van der Waals surface area contributed by atoms with Gasteiger partial charge in [0.2, 0.25) is 0 Å². The molecule has 1 aromatic carbocycles. The summed E-state index contributed by atoms with van der Waals surface area (Å²) in [6.07, 6.45) is 0. The van der Waals surface area contributed by atoms with Gasteiger partial charge in [-0.05, 0) is 13.0 Å². The number of hydrogen-bond donors (Lipinski definition) is 1. The maximum Gasteiger partial charge on any atom is 0.166 e. The third kappa shape index (κ3) is 3.96. The minimum Gasteiger partial charge on any atom is -0.490 e. The second-order valence-corrected chi connectivity index (χ2v) is 4.39. The molecule has 0 bridgehead atoms. The first-order valence-electron chi connectivity index (χ1n) is 6.79. The first-order valence-corrected chi connectivity index (χ1v) is 6.79. The summed E-state index contributed by atoms with van der Waals surface area (Å²) in [7, 11) is 1.60. The van der Waals surface area contributed by atoms with E-state index in [0.29, 0.717) is 42.7 Å². The van der Waals surface area contributed by atoms with E-state index in [9.17, 15) is 0 Å². The van der Waals surface area contributed by atoms with Crippen LogP contribution in [-0.2, 0) is 24.5 Å². The van der Waals surface area contributed by atoms with Crippen molar-refractivity contribution in [1.82, 2.24) is 5.16 Å². The Labute approximate surface area is 123 Å². The second-order valence-electron chi connectivity index (χ2n) is 4.39. The number of benzene rings is 1. The molecule has 6 nitrogen and oxygen atoms in total. The maximum absolute atomic E-state index is 5.82. The summed E-state index contributed by atoms with van der Waals surface area (Å²) >= 11 is 0. The smallest absolute Gasteiger partial charge is 0.166 e. The molecule has 114 valence electrons. The molecular formula is C15H20N2O4. The largest absolute Gasteiger partial charge is 0.490 e. The van der Waals surface area contributed by atoms with Crippen LogP contribution < -0.4 is 15.2 Å². The molecule has 0 aliphatic rings. The Hall–Kier alpha value is -2.05. The van der Waals surface area contributed by atoms with Crippen molar-refractivity contribution in [2.45, 2.75) is 26.7 Å². The molecule has 0 unspecified atom stereocenters. The molecule has 2 aromatic rings. The van der Waals surface area contributed by atoms with Crippen LogP contribution in [0.3, 0.4) is 0 Å². The monoisotopic (exact) mass is 292 g/mol. The molecule has 6 heteroatoms. The van der Waals surface area contributed by atoms with E-state index in [4.69, 9.17) is 24.5 Å². The number of nitrogens with zero attached hydrogens (tertiary/aromatic N) is 1. The van der Waals surface area contributed by atoms with Gasteiger partial charge in [-0.25, -0.2) is 0 Å². The van der Waals surface area contributed by atoms with Gasteiger partial charge in [-0.3, -0.25) is 0 Å². The van der Waals surface area contributed by atoms with E-state index in [1.165, 1.54) is 0 Å². The summed E-state index contributed by atoms with van der Waals surface area (Å²) in [6, 6.07) is 7.47. The van der Waals surface area contributed by atoms with Crippen molar-refractivity contribution in [3.63, 3.8) is 0 Å². The van der Waals surface area contributed by atoms with Crippen LogP contribution in [0.1, 0.15) is 23.9 Å². The van der Waals surface area contributed by atoms with Gasteiger partial charge >= 0.3 is 0 Å². The van der Waals surface area contributed by atoms with Gasteiger partial charge in [-0.1, -0.05) is 17.3 Å². The molecule has 0 fully saturated rings. The molecule has 0 saturated carbocycles. The van der Waals surface area contributed by atoms with Gasteiger partial charge in [-0.2, -0.15) is 0 Å². The highest BCUT2D eigenvalue weighted by molar-refractivity contribution is 5.46. The number of ether oxygens (including phenoxy) is 3. The van der Waals surface area contributed by atoms with Gasteiger partial charge in [0.15, 0.2) is 17.3 Å². The van der Waals surface area contributed by atoms with Gasteiger partial charge in [0.1, 0.15) is 18.9 Å². The Kier molecular flexibility index (Phi) is 5.59. The number of para-hydroxylation sites is 1. The van der Waals surface area contributed by atoms with Crippen LogP contribution in [0.15, 0.2) is 28.8 Å². The Balaban J connectivity index is 2.10. The van der Waals surface area contributed by atoms with E-state index in [2.05, 4.69) is 5.16 Å². The lowest BCUT2D eigenvalue weighted by molar-refractivity contribution is 0.155. The zero-order valence-corrected chi connectivity index (χ0v) is 12.3. The van der Waals surface area contributed by atoms with Gasteiger partial charge < -0.3 is 24.5 Å². The summed E-state index contributed by atoms with van der Waals surface area (Å²) < 4.78 is 21.5. The molecule has 0 amide bonds. The molecule has 0 aliphatic heterocycles. The fraction of sp³-hybridized carbons (Fsp3) is 0.400. The topological polar surface area (TPSA) is 79.7 Å². The van der Waals surface area contributed by atoms with Crippen molar-refractivity contribution in [3.8, 4) is 11.5 Å². The van der Waals surface area contributed by atoms with E-state index < -0.39 is 0 Å². The lowest BCUT2D eigenvalue weighted by atomic mass is 10.2. The van der Waals surface area contributed by atoms with Crippen molar-refractivity contribution in [2.75, 3.05) is 13.7 Å². The minimum absolute atomic E-state index is 0.282. The van der Waals surface area contributed by atoms with Crippen LogP contribution in [0.4, 0.5) is 0 Å². The summed E-state index contributed by atoms with van der Waals surface area (Å²) in [6.45, 7) is 3.53. The predicted octanol–water partition coefficient (Wildman–Crippen LogP) is 2.26. The SMILES string of the molecule is CCOc1cccc(CN)c1OCc1cc(COC)on1. The summed E-state index contributed by atoms with van der Waals surface area (Å²) in [4.78, 5) is 0. The lowest BCUT2D eigenvalue weighted by Gasteiger charge is -2.14. The molecule has 21 heavy (non-hydrogen) atoms. The molecule has 0 atom stereocenters. The molecule has 2 N–H and O–H groups in total. The van der Waals surface area contributed by atoms with Crippen LogP contribution in [0.25, 0.3) is 0 Å².